The van der Waals surface area contributed by atoms with E-state index < -0.39 is 6.10 Å². The fourth-order valence-electron chi connectivity index (χ4n) is 4.96. The molecule has 1 atom stereocenters. The van der Waals surface area contributed by atoms with E-state index >= 15 is 0 Å². The van der Waals surface area contributed by atoms with Crippen LogP contribution in [0.1, 0.15) is 23.2 Å². The Hall–Kier alpha value is -3.08. The Morgan fingerprint density at radius 2 is 2.00 bits per heavy atom. The largest absolute Gasteiger partial charge is 0.391 e. The Morgan fingerprint density at radius 1 is 1.15 bits per heavy atom. The van der Waals surface area contributed by atoms with Crippen molar-refractivity contribution in [1.29, 1.82) is 0 Å². The van der Waals surface area contributed by atoms with Gasteiger partial charge in [0.15, 0.2) is 5.65 Å². The smallest absolute Gasteiger partial charge is 0.260 e. The van der Waals surface area contributed by atoms with Crippen molar-refractivity contribution in [3.8, 4) is 0 Å². The molecule has 2 fully saturated rings. The molecule has 9 nitrogen and oxygen atoms in total. The second-order valence-corrected chi connectivity index (χ2v) is 10.2. The standard InChI is InChI=1S/C24H26N6O3S/c1-27-8-4-9-28(12-11-27)24-25-13-16-20(32)19(22(33)29-10-7-15(31)14-29)23-30(21(16)26-24)17-5-2-3-6-18(17)34-23/h2-3,5-6,13,15,31H,4,7-12,14H2,1H3. The van der Waals surface area contributed by atoms with Gasteiger partial charge in [-0.15, -0.1) is 11.3 Å². The second-order valence-electron chi connectivity index (χ2n) is 9.16. The molecule has 2 aliphatic rings. The number of para-hydroxylation sites is 1. The highest BCUT2D eigenvalue weighted by Gasteiger charge is 2.31. The maximum atomic E-state index is 13.7. The minimum atomic E-state index is -0.552. The molecule has 5 heterocycles. The molecule has 0 aliphatic carbocycles. The number of aliphatic hydroxyl groups excluding tert-OH is 1. The zero-order valence-corrected chi connectivity index (χ0v) is 19.8. The van der Waals surface area contributed by atoms with Crippen LogP contribution in [0.4, 0.5) is 5.95 Å². The zero-order valence-electron chi connectivity index (χ0n) is 19.0. The van der Waals surface area contributed by atoms with E-state index in [1.807, 2.05) is 28.7 Å². The van der Waals surface area contributed by atoms with Crippen molar-refractivity contribution in [3.05, 3.63) is 46.2 Å². The summed E-state index contributed by atoms with van der Waals surface area (Å²) in [6.07, 6.45) is 2.56. The number of carbonyl (C=O) groups excluding carboxylic acids is 1. The van der Waals surface area contributed by atoms with Gasteiger partial charge in [-0.3, -0.25) is 14.0 Å². The van der Waals surface area contributed by atoms with E-state index in [2.05, 4.69) is 21.8 Å². The highest BCUT2D eigenvalue weighted by molar-refractivity contribution is 7.24. The fourth-order valence-corrected chi connectivity index (χ4v) is 6.14. The summed E-state index contributed by atoms with van der Waals surface area (Å²) >= 11 is 1.42. The van der Waals surface area contributed by atoms with Crippen LogP contribution in [-0.4, -0.2) is 87.6 Å². The molecule has 176 valence electrons. The van der Waals surface area contributed by atoms with Crippen LogP contribution in [-0.2, 0) is 0 Å². The Labute approximate surface area is 199 Å². The molecule has 2 aliphatic heterocycles. The van der Waals surface area contributed by atoms with Gasteiger partial charge < -0.3 is 19.8 Å². The summed E-state index contributed by atoms with van der Waals surface area (Å²) in [6.45, 7) is 4.30. The number of amides is 1. The monoisotopic (exact) mass is 478 g/mol. The molecule has 2 saturated heterocycles. The summed E-state index contributed by atoms with van der Waals surface area (Å²) < 4.78 is 2.91. The number of rotatable bonds is 2. The fraction of sp³-hybridized carbons (Fsp3) is 0.417. The summed E-state index contributed by atoms with van der Waals surface area (Å²) in [5, 5.41) is 10.3. The van der Waals surface area contributed by atoms with Gasteiger partial charge in [-0.05, 0) is 38.6 Å². The normalized spacial score (nSPS) is 20.0. The summed E-state index contributed by atoms with van der Waals surface area (Å²) in [7, 11) is 2.11. The lowest BCUT2D eigenvalue weighted by atomic mass is 10.2. The van der Waals surface area contributed by atoms with E-state index in [1.165, 1.54) is 11.3 Å². The van der Waals surface area contributed by atoms with Gasteiger partial charge in [-0.25, -0.2) is 4.98 Å². The maximum absolute atomic E-state index is 13.7. The summed E-state index contributed by atoms with van der Waals surface area (Å²) in [4.78, 5) is 43.2. The Balaban J connectivity index is 1.59. The van der Waals surface area contributed by atoms with Gasteiger partial charge in [0.05, 0.1) is 21.7 Å². The predicted octanol–water partition coefficient (Wildman–Crippen LogP) is 1.81. The Kier molecular flexibility index (Phi) is 5.23. The number of aromatic nitrogens is 3. The number of pyridine rings is 1. The third-order valence-corrected chi connectivity index (χ3v) is 7.98. The van der Waals surface area contributed by atoms with Crippen LogP contribution >= 0.6 is 11.3 Å². The lowest BCUT2D eigenvalue weighted by Crippen LogP contribution is -2.34. The average molecular weight is 479 g/mol. The van der Waals surface area contributed by atoms with E-state index in [4.69, 9.17) is 4.98 Å². The van der Waals surface area contributed by atoms with Crippen molar-refractivity contribution in [2.75, 3.05) is 51.2 Å². The van der Waals surface area contributed by atoms with Crippen LogP contribution in [0, 0.1) is 0 Å². The molecule has 1 unspecified atom stereocenters. The van der Waals surface area contributed by atoms with Gasteiger partial charge in [0.2, 0.25) is 11.4 Å². The SMILES string of the molecule is CN1CCCN(c2ncc3c(=O)c(C(=O)N4CCC(O)C4)c4sc5ccccc5n4c3n2)CC1. The van der Waals surface area contributed by atoms with Crippen molar-refractivity contribution in [1.82, 2.24) is 24.2 Å². The molecular weight excluding hydrogens is 452 g/mol. The summed E-state index contributed by atoms with van der Waals surface area (Å²) in [5.41, 5.74) is 1.21. The number of β-amino-alcohol motifs (C(OH)–C–C–N with tert-alkyl or cyclic N) is 1. The number of thiazole rings is 1. The zero-order chi connectivity index (χ0) is 23.4. The van der Waals surface area contributed by atoms with Gasteiger partial charge >= 0.3 is 0 Å². The van der Waals surface area contributed by atoms with Gasteiger partial charge in [-0.2, -0.15) is 4.98 Å². The van der Waals surface area contributed by atoms with E-state index in [1.54, 1.807) is 11.1 Å². The Morgan fingerprint density at radius 3 is 2.82 bits per heavy atom. The first-order valence-electron chi connectivity index (χ1n) is 11.6. The van der Waals surface area contributed by atoms with Crippen LogP contribution < -0.4 is 10.3 Å². The number of hydrogen-bond acceptors (Lipinski definition) is 8. The van der Waals surface area contributed by atoms with E-state index in [9.17, 15) is 14.7 Å². The van der Waals surface area contributed by atoms with Gasteiger partial charge in [0.1, 0.15) is 10.4 Å². The first-order chi connectivity index (χ1) is 16.5. The number of nitrogens with zero attached hydrogens (tertiary/aromatic N) is 6. The lowest BCUT2D eigenvalue weighted by Gasteiger charge is -2.21. The number of anilines is 1. The molecule has 0 saturated carbocycles. The first kappa shape index (κ1) is 21.5. The molecule has 34 heavy (non-hydrogen) atoms. The van der Waals surface area contributed by atoms with Gasteiger partial charge in [-0.1, -0.05) is 12.1 Å². The van der Waals surface area contributed by atoms with Crippen LogP contribution in [0.25, 0.3) is 26.1 Å². The summed E-state index contributed by atoms with van der Waals surface area (Å²) in [6, 6.07) is 7.87. The van der Waals surface area contributed by atoms with E-state index in [0.717, 1.165) is 42.8 Å². The van der Waals surface area contributed by atoms with Crippen LogP contribution in [0.5, 0.6) is 0 Å². The number of benzene rings is 1. The average Bonchev–Trinajstić information content (AvgIpc) is 3.37. The number of likely N-dealkylation sites (N-methyl/N-ethyl adjacent to an activating group) is 1. The number of likely N-dealkylation sites (tertiary alicyclic amines) is 1. The molecule has 0 spiro atoms. The molecular formula is C24H26N6O3S. The van der Waals surface area contributed by atoms with Crippen molar-refractivity contribution in [2.24, 2.45) is 0 Å². The summed E-state index contributed by atoms with van der Waals surface area (Å²) in [5.74, 6) is 0.264. The molecule has 1 aromatic carbocycles. The van der Waals surface area contributed by atoms with Gasteiger partial charge in [0.25, 0.3) is 5.91 Å². The molecule has 1 amide bonds. The third kappa shape index (κ3) is 3.44. The van der Waals surface area contributed by atoms with Crippen LogP contribution in [0.3, 0.4) is 0 Å². The molecule has 4 aromatic rings. The lowest BCUT2D eigenvalue weighted by molar-refractivity contribution is 0.0765. The number of hydrogen-bond donors (Lipinski definition) is 1. The maximum Gasteiger partial charge on any atom is 0.260 e. The van der Waals surface area contributed by atoms with E-state index in [0.29, 0.717) is 34.8 Å². The van der Waals surface area contributed by atoms with E-state index in [-0.39, 0.29) is 23.4 Å². The van der Waals surface area contributed by atoms with Crippen LogP contribution in [0.15, 0.2) is 35.3 Å². The molecule has 6 rings (SSSR count). The first-order valence-corrected chi connectivity index (χ1v) is 12.5. The molecule has 10 heteroatoms. The number of aliphatic hydroxyl groups is 1. The number of carbonyl (C=O) groups is 1. The Bertz CT molecular complexity index is 1480. The third-order valence-electron chi connectivity index (χ3n) is 6.84. The van der Waals surface area contributed by atoms with Gasteiger partial charge in [0, 0.05) is 38.9 Å². The van der Waals surface area contributed by atoms with Crippen molar-refractivity contribution in [3.63, 3.8) is 0 Å². The second kappa shape index (κ2) is 8.30. The molecule has 1 N–H and O–H groups in total. The predicted molar refractivity (Wildman–Crippen MR) is 133 cm³/mol. The molecule has 0 radical (unpaired) electrons. The van der Waals surface area contributed by atoms with Crippen molar-refractivity contribution < 1.29 is 9.90 Å². The number of fused-ring (bicyclic) bond motifs is 5. The van der Waals surface area contributed by atoms with Crippen LogP contribution in [0.2, 0.25) is 0 Å². The highest BCUT2D eigenvalue weighted by Crippen LogP contribution is 2.32. The van der Waals surface area contributed by atoms with Crippen molar-refractivity contribution >= 4 is 49.3 Å². The molecule has 3 aromatic heterocycles. The minimum Gasteiger partial charge on any atom is -0.391 e. The quantitative estimate of drug-likeness (QED) is 0.470. The minimum absolute atomic E-state index is 0.135. The highest BCUT2D eigenvalue weighted by atomic mass is 32.1. The topological polar surface area (TPSA) is 94.3 Å². The molecule has 0 bridgehead atoms. The van der Waals surface area contributed by atoms with Crippen molar-refractivity contribution in [2.45, 2.75) is 18.9 Å².